The van der Waals surface area contributed by atoms with Gasteiger partial charge in [-0.3, -0.25) is 9.59 Å². The highest BCUT2D eigenvalue weighted by atomic mass is 35.5. The summed E-state index contributed by atoms with van der Waals surface area (Å²) in [5, 5.41) is 13.2. The number of aliphatic carboxylic acids is 1. The summed E-state index contributed by atoms with van der Waals surface area (Å²) in [6, 6.07) is 22.3. The zero-order chi connectivity index (χ0) is 25.9. The van der Waals surface area contributed by atoms with Gasteiger partial charge < -0.3 is 19.9 Å². The fraction of sp³-hybridized carbons (Fsp3) is 0.107. The Morgan fingerprint density at radius 2 is 1.76 bits per heavy atom. The van der Waals surface area contributed by atoms with Crippen LogP contribution in [0.3, 0.4) is 0 Å². The predicted octanol–water partition coefficient (Wildman–Crippen LogP) is 7.05. The van der Waals surface area contributed by atoms with E-state index in [9.17, 15) is 14.7 Å². The molecule has 4 aromatic rings. The van der Waals surface area contributed by atoms with Crippen LogP contribution in [-0.4, -0.2) is 28.6 Å². The van der Waals surface area contributed by atoms with Gasteiger partial charge in [0.25, 0.3) is 5.91 Å². The van der Waals surface area contributed by atoms with Crippen LogP contribution in [0.15, 0.2) is 78.9 Å². The molecule has 1 atom stereocenters. The lowest BCUT2D eigenvalue weighted by atomic mass is 9.93. The van der Waals surface area contributed by atoms with Crippen molar-refractivity contribution in [2.75, 3.05) is 11.9 Å². The lowest BCUT2D eigenvalue weighted by Gasteiger charge is -2.24. The van der Waals surface area contributed by atoms with Crippen molar-refractivity contribution in [3.05, 3.63) is 100 Å². The number of carbonyl (C=O) groups excluding carboxylic acids is 1. The summed E-state index contributed by atoms with van der Waals surface area (Å²) in [7, 11) is 0. The number of rotatable bonds is 6. The van der Waals surface area contributed by atoms with E-state index in [1.54, 1.807) is 54.6 Å². The van der Waals surface area contributed by atoms with Gasteiger partial charge in [0.15, 0.2) is 0 Å². The fourth-order valence-electron chi connectivity index (χ4n) is 4.00. The topological polar surface area (TPSA) is 97.8 Å². The molecule has 0 unspecified atom stereocenters. The van der Waals surface area contributed by atoms with Crippen LogP contribution in [0.25, 0.3) is 11.3 Å². The van der Waals surface area contributed by atoms with Gasteiger partial charge in [-0.2, -0.15) is 0 Å². The molecule has 2 heterocycles. The molecule has 0 aliphatic carbocycles. The Balaban J connectivity index is 1.28. The smallest absolute Gasteiger partial charge is 0.311 e. The number of anilines is 1. The van der Waals surface area contributed by atoms with Gasteiger partial charge in [-0.1, -0.05) is 41.4 Å². The molecule has 0 radical (unpaired) electrons. The third-order valence-corrected chi connectivity index (χ3v) is 6.42. The molecule has 7 nitrogen and oxygen atoms in total. The van der Waals surface area contributed by atoms with Crippen LogP contribution in [0.5, 0.6) is 17.2 Å². The number of carboxylic acid groups (broad SMARTS) is 1. The Hall–Kier alpha value is -4.07. The molecule has 1 aliphatic heterocycles. The number of nitrogens with zero attached hydrogens (tertiary/aromatic N) is 1. The van der Waals surface area contributed by atoms with Crippen molar-refractivity contribution in [3.63, 3.8) is 0 Å². The second-order valence-corrected chi connectivity index (χ2v) is 9.19. The third kappa shape index (κ3) is 5.53. The SMILES string of the molecule is O=C(Nc1cccc(-c2ccc(Cl)cc2)n1)c1ccc(Oc2cc3c(cc2Cl)[C@H](C(=O)O)CCO3)cc1. The number of benzene rings is 3. The zero-order valence-electron chi connectivity index (χ0n) is 19.3. The summed E-state index contributed by atoms with van der Waals surface area (Å²) < 4.78 is 11.5. The van der Waals surface area contributed by atoms with E-state index in [-0.39, 0.29) is 10.9 Å². The number of hydrogen-bond donors (Lipinski definition) is 2. The standard InChI is InChI=1S/C28H20Cl2N2O5/c29-18-8-4-16(5-9-18)23-2-1-3-26(31-23)32-27(33)17-6-10-19(11-7-17)37-25-15-24-21(14-22(25)30)20(28(34)35)12-13-36-24/h1-11,14-15,20H,12-13H2,(H,34,35)(H,31,32,33)/t20-/m1/s1. The molecule has 0 fully saturated rings. The number of fused-ring (bicyclic) bond motifs is 1. The maximum absolute atomic E-state index is 12.8. The molecule has 1 aromatic heterocycles. The van der Waals surface area contributed by atoms with Crippen LogP contribution in [0.4, 0.5) is 5.82 Å². The summed E-state index contributed by atoms with van der Waals surface area (Å²) >= 11 is 12.3. The lowest BCUT2D eigenvalue weighted by Crippen LogP contribution is -2.20. The van der Waals surface area contributed by atoms with Crippen LogP contribution >= 0.6 is 23.2 Å². The van der Waals surface area contributed by atoms with Gasteiger partial charge in [0, 0.05) is 27.8 Å². The minimum Gasteiger partial charge on any atom is -0.493 e. The Morgan fingerprint density at radius 3 is 2.49 bits per heavy atom. The van der Waals surface area contributed by atoms with Crippen molar-refractivity contribution in [2.24, 2.45) is 0 Å². The molecule has 37 heavy (non-hydrogen) atoms. The number of pyridine rings is 1. The molecule has 1 aliphatic rings. The molecule has 1 amide bonds. The van der Waals surface area contributed by atoms with Gasteiger partial charge in [0.1, 0.15) is 23.1 Å². The van der Waals surface area contributed by atoms with E-state index >= 15 is 0 Å². The van der Waals surface area contributed by atoms with Crippen LogP contribution in [-0.2, 0) is 4.79 Å². The highest BCUT2D eigenvalue weighted by Crippen LogP contribution is 2.41. The molecule has 0 saturated heterocycles. The Kier molecular flexibility index (Phi) is 6.99. The lowest BCUT2D eigenvalue weighted by molar-refractivity contribution is -0.139. The Bertz CT molecular complexity index is 1470. The van der Waals surface area contributed by atoms with Crippen LogP contribution < -0.4 is 14.8 Å². The summed E-state index contributed by atoms with van der Waals surface area (Å²) in [6.07, 6.45) is 0.378. The summed E-state index contributed by atoms with van der Waals surface area (Å²) in [5.74, 6) is -0.295. The largest absolute Gasteiger partial charge is 0.493 e. The molecular weight excluding hydrogens is 515 g/mol. The van der Waals surface area contributed by atoms with E-state index in [2.05, 4.69) is 10.3 Å². The Labute approximate surface area is 222 Å². The predicted molar refractivity (Wildman–Crippen MR) is 141 cm³/mol. The van der Waals surface area contributed by atoms with E-state index in [4.69, 9.17) is 32.7 Å². The van der Waals surface area contributed by atoms with Crippen LogP contribution in [0.1, 0.15) is 28.3 Å². The first-order chi connectivity index (χ1) is 17.9. The first-order valence-corrected chi connectivity index (χ1v) is 12.1. The molecule has 186 valence electrons. The van der Waals surface area contributed by atoms with Crippen molar-refractivity contribution in [1.82, 2.24) is 4.98 Å². The quantitative estimate of drug-likeness (QED) is 0.275. The first kappa shape index (κ1) is 24.6. The highest BCUT2D eigenvalue weighted by Gasteiger charge is 2.29. The number of carbonyl (C=O) groups is 2. The highest BCUT2D eigenvalue weighted by molar-refractivity contribution is 6.32. The van der Waals surface area contributed by atoms with E-state index < -0.39 is 11.9 Å². The number of halogens is 2. The number of aromatic nitrogens is 1. The number of hydrogen-bond acceptors (Lipinski definition) is 5. The van der Waals surface area contributed by atoms with E-state index in [0.29, 0.717) is 57.9 Å². The minimum atomic E-state index is -0.921. The number of nitrogens with one attached hydrogen (secondary N) is 1. The number of carboxylic acids is 1. The average molecular weight is 535 g/mol. The van der Waals surface area contributed by atoms with Crippen LogP contribution in [0.2, 0.25) is 10.0 Å². The minimum absolute atomic E-state index is 0.268. The number of amides is 1. The monoisotopic (exact) mass is 534 g/mol. The van der Waals surface area contributed by atoms with Crippen molar-refractivity contribution in [3.8, 4) is 28.5 Å². The molecule has 3 aromatic carbocycles. The maximum Gasteiger partial charge on any atom is 0.311 e. The second-order valence-electron chi connectivity index (χ2n) is 8.34. The first-order valence-electron chi connectivity index (χ1n) is 11.4. The van der Waals surface area contributed by atoms with Gasteiger partial charge in [-0.15, -0.1) is 0 Å². The van der Waals surface area contributed by atoms with E-state index in [1.807, 2.05) is 24.3 Å². The molecular formula is C28H20Cl2N2O5. The molecule has 9 heteroatoms. The van der Waals surface area contributed by atoms with Crippen molar-refractivity contribution < 1.29 is 24.2 Å². The summed E-state index contributed by atoms with van der Waals surface area (Å²) in [4.78, 5) is 28.8. The molecule has 0 bridgehead atoms. The molecule has 2 N–H and O–H groups in total. The number of ether oxygens (including phenoxy) is 2. The van der Waals surface area contributed by atoms with Gasteiger partial charge in [-0.05, 0) is 61.0 Å². The zero-order valence-corrected chi connectivity index (χ0v) is 20.8. The van der Waals surface area contributed by atoms with Gasteiger partial charge in [0.2, 0.25) is 0 Å². The van der Waals surface area contributed by atoms with Crippen LogP contribution in [0, 0.1) is 0 Å². The molecule has 0 saturated carbocycles. The maximum atomic E-state index is 12.8. The Morgan fingerprint density at radius 1 is 1.00 bits per heavy atom. The normalized spacial score (nSPS) is 14.3. The van der Waals surface area contributed by atoms with E-state index in [1.165, 1.54) is 0 Å². The third-order valence-electron chi connectivity index (χ3n) is 5.88. The van der Waals surface area contributed by atoms with Crippen molar-refractivity contribution in [1.29, 1.82) is 0 Å². The van der Waals surface area contributed by atoms with Gasteiger partial charge >= 0.3 is 5.97 Å². The molecule has 0 spiro atoms. The molecule has 5 rings (SSSR count). The fourth-order valence-corrected chi connectivity index (χ4v) is 4.34. The van der Waals surface area contributed by atoms with Crippen molar-refractivity contribution in [2.45, 2.75) is 12.3 Å². The van der Waals surface area contributed by atoms with Gasteiger partial charge in [-0.25, -0.2) is 4.98 Å². The summed E-state index contributed by atoms with van der Waals surface area (Å²) in [5.41, 5.74) is 2.53. The van der Waals surface area contributed by atoms with E-state index in [0.717, 1.165) is 5.56 Å². The second kappa shape index (κ2) is 10.5. The average Bonchev–Trinajstić information content (AvgIpc) is 2.89. The van der Waals surface area contributed by atoms with Crippen molar-refractivity contribution >= 4 is 40.9 Å². The summed E-state index contributed by atoms with van der Waals surface area (Å²) in [6.45, 7) is 0.298. The van der Waals surface area contributed by atoms with Gasteiger partial charge in [0.05, 0.1) is 23.2 Å².